The molecular formula is C14H13F3N2O2. The Morgan fingerprint density at radius 3 is 2.81 bits per heavy atom. The lowest BCUT2D eigenvalue weighted by Crippen LogP contribution is -2.20. The summed E-state index contributed by atoms with van der Waals surface area (Å²) < 4.78 is 43.0. The minimum Gasteiger partial charge on any atom is -0.378 e. The molecule has 1 aliphatic heterocycles. The first-order valence-corrected chi connectivity index (χ1v) is 6.43. The Hall–Kier alpha value is -2.07. The lowest BCUT2D eigenvalue weighted by molar-refractivity contribution is -0.137. The fraction of sp³-hybridized carbons (Fsp3) is 0.429. The van der Waals surface area contributed by atoms with Gasteiger partial charge in [0.1, 0.15) is 6.07 Å². The van der Waals surface area contributed by atoms with Crippen LogP contribution in [0.2, 0.25) is 0 Å². The van der Waals surface area contributed by atoms with Crippen molar-refractivity contribution in [2.24, 2.45) is 0 Å². The second-order valence-electron chi connectivity index (χ2n) is 4.76. The standard InChI is InChI=1S/C14H13F3N2O2/c15-14(16,17)10-3-4-12(9(6-10)8-18)19-13(20)7-11-2-1-5-21-11/h3-4,6,11H,1-2,5,7H2,(H,19,20). The third-order valence-corrected chi connectivity index (χ3v) is 3.18. The van der Waals surface area contributed by atoms with Gasteiger partial charge < -0.3 is 10.1 Å². The molecule has 1 aromatic rings. The van der Waals surface area contributed by atoms with Crippen LogP contribution < -0.4 is 5.32 Å². The van der Waals surface area contributed by atoms with E-state index in [1.54, 1.807) is 6.07 Å². The van der Waals surface area contributed by atoms with E-state index in [1.165, 1.54) is 0 Å². The molecule has 0 spiro atoms. The second-order valence-corrected chi connectivity index (χ2v) is 4.76. The fourth-order valence-electron chi connectivity index (χ4n) is 2.14. The molecule has 7 heteroatoms. The number of amides is 1. The molecule has 0 saturated carbocycles. The van der Waals surface area contributed by atoms with Crippen molar-refractivity contribution in [3.8, 4) is 6.07 Å². The maximum absolute atomic E-state index is 12.6. The summed E-state index contributed by atoms with van der Waals surface area (Å²) in [4.78, 5) is 11.8. The molecule has 112 valence electrons. The van der Waals surface area contributed by atoms with E-state index in [2.05, 4.69) is 5.32 Å². The van der Waals surface area contributed by atoms with Gasteiger partial charge in [-0.25, -0.2) is 0 Å². The van der Waals surface area contributed by atoms with Gasteiger partial charge in [-0.15, -0.1) is 0 Å². The average molecular weight is 298 g/mol. The Morgan fingerprint density at radius 1 is 1.48 bits per heavy atom. The van der Waals surface area contributed by atoms with E-state index in [-0.39, 0.29) is 29.7 Å². The van der Waals surface area contributed by atoms with Crippen molar-refractivity contribution in [1.82, 2.24) is 0 Å². The number of hydrogen-bond donors (Lipinski definition) is 1. The molecule has 1 aliphatic rings. The van der Waals surface area contributed by atoms with Crippen LogP contribution in [0, 0.1) is 11.3 Å². The first-order valence-electron chi connectivity index (χ1n) is 6.43. The molecule has 2 rings (SSSR count). The maximum atomic E-state index is 12.6. The number of carbonyl (C=O) groups excluding carboxylic acids is 1. The first-order chi connectivity index (χ1) is 9.90. The highest BCUT2D eigenvalue weighted by Crippen LogP contribution is 2.31. The van der Waals surface area contributed by atoms with Gasteiger partial charge in [0.2, 0.25) is 5.91 Å². The van der Waals surface area contributed by atoms with Gasteiger partial charge in [-0.1, -0.05) is 0 Å². The van der Waals surface area contributed by atoms with Crippen molar-refractivity contribution in [3.05, 3.63) is 29.3 Å². The molecule has 0 aromatic heterocycles. The van der Waals surface area contributed by atoms with Gasteiger partial charge in [0, 0.05) is 6.61 Å². The number of halogens is 3. The van der Waals surface area contributed by atoms with Crippen LogP contribution in [0.5, 0.6) is 0 Å². The summed E-state index contributed by atoms with van der Waals surface area (Å²) in [5, 5.41) is 11.4. The van der Waals surface area contributed by atoms with Crippen molar-refractivity contribution in [2.45, 2.75) is 31.5 Å². The predicted molar refractivity (Wildman–Crippen MR) is 68.4 cm³/mol. The number of nitrogens with one attached hydrogen (secondary N) is 1. The number of ether oxygens (including phenoxy) is 1. The highest BCUT2D eigenvalue weighted by molar-refractivity contribution is 5.92. The van der Waals surface area contributed by atoms with E-state index in [0.29, 0.717) is 6.61 Å². The zero-order valence-corrected chi connectivity index (χ0v) is 11.0. The zero-order chi connectivity index (χ0) is 15.5. The smallest absolute Gasteiger partial charge is 0.378 e. The molecule has 1 aromatic carbocycles. The number of nitrogens with zero attached hydrogens (tertiary/aromatic N) is 1. The molecule has 1 unspecified atom stereocenters. The average Bonchev–Trinajstić information content (AvgIpc) is 2.90. The number of benzene rings is 1. The van der Waals surface area contributed by atoms with Gasteiger partial charge in [0.15, 0.2) is 0 Å². The highest BCUT2D eigenvalue weighted by atomic mass is 19.4. The monoisotopic (exact) mass is 298 g/mol. The van der Waals surface area contributed by atoms with E-state index in [1.807, 2.05) is 0 Å². The van der Waals surface area contributed by atoms with Gasteiger partial charge in [0.05, 0.1) is 29.3 Å². The molecule has 1 heterocycles. The number of anilines is 1. The number of carbonyl (C=O) groups is 1. The Labute approximate surface area is 119 Å². The van der Waals surface area contributed by atoms with Gasteiger partial charge in [-0.05, 0) is 31.0 Å². The summed E-state index contributed by atoms with van der Waals surface area (Å²) in [6.07, 6.45) is -2.88. The SMILES string of the molecule is N#Cc1cc(C(F)(F)F)ccc1NC(=O)CC1CCCO1. The van der Waals surface area contributed by atoms with E-state index < -0.39 is 11.7 Å². The molecule has 1 amide bonds. The van der Waals surface area contributed by atoms with Crippen molar-refractivity contribution < 1.29 is 22.7 Å². The van der Waals surface area contributed by atoms with Crippen LogP contribution >= 0.6 is 0 Å². The Bertz CT molecular complexity index is 573. The fourth-order valence-corrected chi connectivity index (χ4v) is 2.14. The van der Waals surface area contributed by atoms with Crippen molar-refractivity contribution in [2.75, 3.05) is 11.9 Å². The van der Waals surface area contributed by atoms with E-state index in [4.69, 9.17) is 10.00 Å². The lowest BCUT2D eigenvalue weighted by atomic mass is 10.1. The second kappa shape index (κ2) is 6.14. The normalized spacial score (nSPS) is 18.3. The molecule has 1 N–H and O–H groups in total. The Morgan fingerprint density at radius 2 is 2.24 bits per heavy atom. The summed E-state index contributed by atoms with van der Waals surface area (Å²) in [6, 6.07) is 4.31. The molecular weight excluding hydrogens is 285 g/mol. The molecule has 0 radical (unpaired) electrons. The summed E-state index contributed by atoms with van der Waals surface area (Å²) in [5.41, 5.74) is -1.06. The molecule has 1 saturated heterocycles. The minimum atomic E-state index is -4.52. The molecule has 0 bridgehead atoms. The molecule has 1 fully saturated rings. The van der Waals surface area contributed by atoms with Crippen LogP contribution in [0.25, 0.3) is 0 Å². The molecule has 1 atom stereocenters. The quantitative estimate of drug-likeness (QED) is 0.932. The van der Waals surface area contributed by atoms with Crippen LogP contribution in [0.15, 0.2) is 18.2 Å². The molecule has 21 heavy (non-hydrogen) atoms. The number of nitriles is 1. The largest absolute Gasteiger partial charge is 0.416 e. The summed E-state index contributed by atoms with van der Waals surface area (Å²) in [7, 11) is 0. The van der Waals surface area contributed by atoms with Crippen LogP contribution in [0.1, 0.15) is 30.4 Å². The Balaban J connectivity index is 2.09. The van der Waals surface area contributed by atoms with Crippen LogP contribution in [-0.2, 0) is 15.7 Å². The van der Waals surface area contributed by atoms with E-state index in [0.717, 1.165) is 31.0 Å². The van der Waals surface area contributed by atoms with Crippen molar-refractivity contribution in [1.29, 1.82) is 5.26 Å². The van der Waals surface area contributed by atoms with Gasteiger partial charge >= 0.3 is 6.18 Å². The van der Waals surface area contributed by atoms with E-state index in [9.17, 15) is 18.0 Å². The summed E-state index contributed by atoms with van der Waals surface area (Å²) in [5.74, 6) is -0.377. The summed E-state index contributed by atoms with van der Waals surface area (Å²) >= 11 is 0. The summed E-state index contributed by atoms with van der Waals surface area (Å²) in [6.45, 7) is 0.613. The molecule has 4 nitrogen and oxygen atoms in total. The third-order valence-electron chi connectivity index (χ3n) is 3.18. The first kappa shape index (κ1) is 15.3. The van der Waals surface area contributed by atoms with Crippen LogP contribution in [0.3, 0.4) is 0 Å². The van der Waals surface area contributed by atoms with Gasteiger partial charge in [-0.3, -0.25) is 4.79 Å². The maximum Gasteiger partial charge on any atom is 0.416 e. The Kier molecular flexibility index (Phi) is 4.48. The van der Waals surface area contributed by atoms with Crippen LogP contribution in [0.4, 0.5) is 18.9 Å². The van der Waals surface area contributed by atoms with E-state index >= 15 is 0 Å². The number of hydrogen-bond acceptors (Lipinski definition) is 3. The minimum absolute atomic E-state index is 0.0773. The third kappa shape index (κ3) is 3.95. The number of alkyl halides is 3. The molecule has 0 aliphatic carbocycles. The van der Waals surface area contributed by atoms with Gasteiger partial charge in [-0.2, -0.15) is 18.4 Å². The van der Waals surface area contributed by atoms with Crippen molar-refractivity contribution in [3.63, 3.8) is 0 Å². The van der Waals surface area contributed by atoms with Crippen molar-refractivity contribution >= 4 is 11.6 Å². The number of rotatable bonds is 3. The topological polar surface area (TPSA) is 62.1 Å². The van der Waals surface area contributed by atoms with Crippen LogP contribution in [-0.4, -0.2) is 18.6 Å². The lowest BCUT2D eigenvalue weighted by Gasteiger charge is -2.12. The predicted octanol–water partition coefficient (Wildman–Crippen LogP) is 3.08. The van der Waals surface area contributed by atoms with Gasteiger partial charge in [0.25, 0.3) is 0 Å². The zero-order valence-electron chi connectivity index (χ0n) is 11.0. The highest BCUT2D eigenvalue weighted by Gasteiger charge is 2.31.